The summed E-state index contributed by atoms with van der Waals surface area (Å²) in [5, 5.41) is 24.7. The Balaban J connectivity index is 1.48. The first-order valence-electron chi connectivity index (χ1n) is 9.62. The molecule has 1 aliphatic rings. The number of thiophene rings is 1. The molecule has 0 bridgehead atoms. The number of nitrogens with zero attached hydrogens (tertiary/aromatic N) is 4. The molecule has 3 aromatic rings. The Morgan fingerprint density at radius 2 is 2.32 bits per heavy atom. The van der Waals surface area contributed by atoms with Crippen molar-refractivity contribution in [1.82, 2.24) is 15.0 Å². The van der Waals surface area contributed by atoms with Crippen LogP contribution in [0.15, 0.2) is 34.4 Å². The lowest BCUT2D eigenvalue weighted by Gasteiger charge is -2.17. The molecule has 1 aromatic carbocycles. The van der Waals surface area contributed by atoms with Gasteiger partial charge in [-0.3, -0.25) is 24.3 Å². The van der Waals surface area contributed by atoms with E-state index in [1.54, 1.807) is 11.3 Å². The Morgan fingerprint density at radius 3 is 3.10 bits per heavy atom. The summed E-state index contributed by atoms with van der Waals surface area (Å²) < 4.78 is 1.25. The number of benzene rings is 1. The minimum Gasteiger partial charge on any atom is -0.502 e. The van der Waals surface area contributed by atoms with E-state index in [0.717, 1.165) is 30.9 Å². The smallest absolute Gasteiger partial charge is 0.311 e. The van der Waals surface area contributed by atoms with Gasteiger partial charge in [-0.1, -0.05) is 6.92 Å². The van der Waals surface area contributed by atoms with Crippen LogP contribution >= 0.6 is 11.3 Å². The standard InChI is InChI=1S/C20H19N5O5S/c1-11-2-4-13-16(6-11)31-19-18(13)20(28)24(10-21-19)9-17(27)23-22-8-12-3-5-15(26)14(7-12)25(29)30/h3,5,7-8,10-11,26H,2,4,6,9H2,1H3,(H,23,27)/b22-8+/t11-/m0/s1. The van der Waals surface area contributed by atoms with Crippen LogP contribution in [0.25, 0.3) is 10.2 Å². The molecule has 1 amide bonds. The second-order valence-electron chi connectivity index (χ2n) is 7.51. The number of carbonyl (C=O) groups excluding carboxylic acids is 1. The summed E-state index contributed by atoms with van der Waals surface area (Å²) in [7, 11) is 0. The number of phenolic OH excluding ortho intramolecular Hbond substituents is 1. The first-order chi connectivity index (χ1) is 14.8. The number of fused-ring (bicyclic) bond motifs is 3. The van der Waals surface area contributed by atoms with Gasteiger partial charge in [0.25, 0.3) is 11.5 Å². The number of aromatic nitrogens is 2. The lowest BCUT2D eigenvalue weighted by atomic mass is 9.89. The SMILES string of the molecule is C[C@H]1CCc2c(sc3ncn(CC(=O)N/N=C/c4ccc(O)c([N+](=O)[O-])c4)c(=O)c23)C1. The van der Waals surface area contributed by atoms with E-state index in [0.29, 0.717) is 21.7 Å². The number of amides is 1. The summed E-state index contributed by atoms with van der Waals surface area (Å²) in [5.41, 5.74) is 2.96. The second-order valence-corrected chi connectivity index (χ2v) is 8.59. The molecule has 0 saturated carbocycles. The highest BCUT2D eigenvalue weighted by Gasteiger charge is 2.23. The first kappa shape index (κ1) is 20.7. The van der Waals surface area contributed by atoms with Gasteiger partial charge < -0.3 is 5.11 Å². The fourth-order valence-corrected chi connectivity index (χ4v) is 4.96. The van der Waals surface area contributed by atoms with Gasteiger partial charge in [-0.25, -0.2) is 10.4 Å². The van der Waals surface area contributed by atoms with Crippen LogP contribution in [-0.4, -0.2) is 31.7 Å². The number of hydrazone groups is 1. The van der Waals surface area contributed by atoms with E-state index in [9.17, 15) is 24.8 Å². The van der Waals surface area contributed by atoms with Crippen molar-refractivity contribution in [2.24, 2.45) is 11.0 Å². The van der Waals surface area contributed by atoms with Crippen molar-refractivity contribution in [3.63, 3.8) is 0 Å². The van der Waals surface area contributed by atoms with E-state index in [4.69, 9.17) is 0 Å². The highest BCUT2D eigenvalue weighted by atomic mass is 32.1. The molecule has 0 aliphatic heterocycles. The third-order valence-corrected chi connectivity index (χ3v) is 6.36. The zero-order valence-electron chi connectivity index (χ0n) is 16.6. The van der Waals surface area contributed by atoms with Crippen LogP contribution in [-0.2, 0) is 24.2 Å². The minimum atomic E-state index is -0.718. The van der Waals surface area contributed by atoms with Crippen molar-refractivity contribution < 1.29 is 14.8 Å². The van der Waals surface area contributed by atoms with Gasteiger partial charge in [-0.05, 0) is 42.9 Å². The number of rotatable bonds is 5. The highest BCUT2D eigenvalue weighted by molar-refractivity contribution is 7.18. The monoisotopic (exact) mass is 441 g/mol. The molecule has 31 heavy (non-hydrogen) atoms. The van der Waals surface area contributed by atoms with Gasteiger partial charge in [0.15, 0.2) is 5.75 Å². The van der Waals surface area contributed by atoms with Crippen LogP contribution in [0.2, 0.25) is 0 Å². The fourth-order valence-electron chi connectivity index (χ4n) is 3.61. The molecule has 0 fully saturated rings. The van der Waals surface area contributed by atoms with Crippen molar-refractivity contribution in [2.45, 2.75) is 32.7 Å². The number of nitrogens with one attached hydrogen (secondary N) is 1. The van der Waals surface area contributed by atoms with Crippen LogP contribution in [0.5, 0.6) is 5.75 Å². The molecule has 10 nitrogen and oxygen atoms in total. The summed E-state index contributed by atoms with van der Waals surface area (Å²) in [4.78, 5) is 41.6. The third kappa shape index (κ3) is 4.17. The van der Waals surface area contributed by atoms with Crippen LogP contribution in [0, 0.1) is 16.0 Å². The molecule has 1 atom stereocenters. The number of nitro benzene ring substituents is 1. The Kier molecular flexibility index (Phi) is 5.51. The average molecular weight is 441 g/mol. The van der Waals surface area contributed by atoms with E-state index in [1.165, 1.54) is 34.1 Å². The summed E-state index contributed by atoms with van der Waals surface area (Å²) >= 11 is 1.55. The molecule has 160 valence electrons. The van der Waals surface area contributed by atoms with Gasteiger partial charge >= 0.3 is 5.69 Å². The van der Waals surface area contributed by atoms with Crippen LogP contribution in [0.3, 0.4) is 0 Å². The molecule has 0 saturated heterocycles. The zero-order chi connectivity index (χ0) is 22.1. The topological polar surface area (TPSA) is 140 Å². The first-order valence-corrected chi connectivity index (χ1v) is 10.4. The lowest BCUT2D eigenvalue weighted by molar-refractivity contribution is -0.385. The molecule has 0 spiro atoms. The maximum Gasteiger partial charge on any atom is 0.311 e. The number of nitro groups is 1. The minimum absolute atomic E-state index is 0.245. The van der Waals surface area contributed by atoms with Gasteiger partial charge in [0, 0.05) is 16.5 Å². The van der Waals surface area contributed by atoms with Crippen molar-refractivity contribution >= 4 is 39.4 Å². The van der Waals surface area contributed by atoms with E-state index < -0.39 is 22.3 Å². The van der Waals surface area contributed by atoms with Gasteiger partial charge in [0.1, 0.15) is 11.4 Å². The van der Waals surface area contributed by atoms with Gasteiger partial charge in [-0.15, -0.1) is 11.3 Å². The Morgan fingerprint density at radius 1 is 1.52 bits per heavy atom. The van der Waals surface area contributed by atoms with E-state index in [-0.39, 0.29) is 12.1 Å². The van der Waals surface area contributed by atoms with E-state index in [1.807, 2.05) is 0 Å². The maximum atomic E-state index is 12.9. The number of aryl methyl sites for hydroxylation is 1. The predicted molar refractivity (Wildman–Crippen MR) is 116 cm³/mol. The van der Waals surface area contributed by atoms with Crippen molar-refractivity contribution in [2.75, 3.05) is 0 Å². The molecule has 11 heteroatoms. The number of hydrogen-bond donors (Lipinski definition) is 2. The summed E-state index contributed by atoms with van der Waals surface area (Å²) in [6, 6.07) is 3.72. The molecule has 2 aromatic heterocycles. The molecule has 1 aliphatic carbocycles. The quantitative estimate of drug-likeness (QED) is 0.354. The molecule has 4 rings (SSSR count). The predicted octanol–water partition coefficient (Wildman–Crippen LogP) is 2.35. The summed E-state index contributed by atoms with van der Waals surface area (Å²) in [6.45, 7) is 1.94. The van der Waals surface area contributed by atoms with Crippen molar-refractivity contribution in [1.29, 1.82) is 0 Å². The fraction of sp³-hybridized carbons (Fsp3) is 0.300. The number of carbonyl (C=O) groups is 1. The van der Waals surface area contributed by atoms with Crippen LogP contribution in [0.1, 0.15) is 29.3 Å². The second kappa shape index (κ2) is 8.26. The number of phenols is 1. The highest BCUT2D eigenvalue weighted by Crippen LogP contribution is 2.35. The molecule has 0 radical (unpaired) electrons. The third-order valence-electron chi connectivity index (χ3n) is 5.20. The van der Waals surface area contributed by atoms with E-state index >= 15 is 0 Å². The van der Waals surface area contributed by atoms with Gasteiger partial charge in [0.2, 0.25) is 0 Å². The Bertz CT molecular complexity index is 1280. The molecule has 2 N–H and O–H groups in total. The van der Waals surface area contributed by atoms with Crippen molar-refractivity contribution in [3.05, 3.63) is 61.0 Å². The summed E-state index contributed by atoms with van der Waals surface area (Å²) in [6.07, 6.45) is 5.39. The molecular formula is C20H19N5O5S. The maximum absolute atomic E-state index is 12.9. The van der Waals surface area contributed by atoms with Crippen LogP contribution < -0.4 is 11.0 Å². The van der Waals surface area contributed by atoms with Crippen LogP contribution in [0.4, 0.5) is 5.69 Å². The van der Waals surface area contributed by atoms with Crippen molar-refractivity contribution in [3.8, 4) is 5.75 Å². The Hall–Kier alpha value is -3.60. The van der Waals surface area contributed by atoms with E-state index in [2.05, 4.69) is 22.4 Å². The molecule has 2 heterocycles. The largest absolute Gasteiger partial charge is 0.502 e. The normalized spacial score (nSPS) is 15.8. The van der Waals surface area contributed by atoms with Gasteiger partial charge in [-0.2, -0.15) is 5.10 Å². The molecular weight excluding hydrogens is 422 g/mol. The number of hydrogen-bond acceptors (Lipinski definition) is 8. The van der Waals surface area contributed by atoms with Gasteiger partial charge in [0.05, 0.1) is 22.9 Å². The zero-order valence-corrected chi connectivity index (χ0v) is 17.4. The molecule has 0 unspecified atom stereocenters. The summed E-state index contributed by atoms with van der Waals surface area (Å²) in [5.74, 6) is -0.412. The Labute approximate surface area is 180 Å². The average Bonchev–Trinajstić information content (AvgIpc) is 3.09. The number of aromatic hydroxyl groups is 1. The lowest BCUT2D eigenvalue weighted by Crippen LogP contribution is -2.30.